The lowest BCUT2D eigenvalue weighted by Crippen LogP contribution is -2.19. The summed E-state index contributed by atoms with van der Waals surface area (Å²) >= 11 is 5.78. The Labute approximate surface area is 112 Å². The molecule has 19 heavy (non-hydrogen) atoms. The summed E-state index contributed by atoms with van der Waals surface area (Å²) in [4.78, 5) is 11.7. The fourth-order valence-corrected chi connectivity index (χ4v) is 2.35. The summed E-state index contributed by atoms with van der Waals surface area (Å²) < 4.78 is 39.7. The molecule has 0 saturated carbocycles. The standard InChI is InChI=1S/C12H12ClF3N2O/c1-17-9-4-3-7(8(13)6-12(14,15)16)5-10(9)18(2)11(17)19/h3-5,8H,6H2,1-2H3. The van der Waals surface area contributed by atoms with Gasteiger partial charge in [-0.05, 0) is 17.7 Å². The lowest BCUT2D eigenvalue weighted by Gasteiger charge is -2.12. The lowest BCUT2D eigenvalue weighted by atomic mass is 10.1. The van der Waals surface area contributed by atoms with Crippen LogP contribution >= 0.6 is 11.6 Å². The summed E-state index contributed by atoms with van der Waals surface area (Å²) in [6, 6.07) is 4.66. The Morgan fingerprint density at radius 2 is 1.79 bits per heavy atom. The summed E-state index contributed by atoms with van der Waals surface area (Å²) in [6.07, 6.45) is -5.41. The second-order valence-electron chi connectivity index (χ2n) is 4.44. The SMILES string of the molecule is Cn1c(=O)n(C)c2cc(C(Cl)CC(F)(F)F)ccc21. The molecule has 0 aliphatic rings. The zero-order chi connectivity index (χ0) is 14.4. The van der Waals surface area contributed by atoms with Crippen molar-refractivity contribution in [3.63, 3.8) is 0 Å². The molecule has 0 amide bonds. The number of hydrogen-bond donors (Lipinski definition) is 0. The minimum atomic E-state index is -4.32. The van der Waals surface area contributed by atoms with Crippen molar-refractivity contribution < 1.29 is 13.2 Å². The molecule has 0 spiro atoms. The van der Waals surface area contributed by atoms with E-state index >= 15 is 0 Å². The van der Waals surface area contributed by atoms with Crippen molar-refractivity contribution in [1.29, 1.82) is 0 Å². The number of fused-ring (bicyclic) bond motifs is 1. The summed E-state index contributed by atoms with van der Waals surface area (Å²) in [6.45, 7) is 0. The van der Waals surface area contributed by atoms with Crippen molar-refractivity contribution in [3.8, 4) is 0 Å². The number of halogens is 4. The van der Waals surface area contributed by atoms with Crippen LogP contribution in [0.4, 0.5) is 13.2 Å². The molecule has 1 heterocycles. The van der Waals surface area contributed by atoms with E-state index in [9.17, 15) is 18.0 Å². The number of benzene rings is 1. The van der Waals surface area contributed by atoms with Crippen LogP contribution in [0.5, 0.6) is 0 Å². The maximum Gasteiger partial charge on any atom is 0.390 e. The van der Waals surface area contributed by atoms with Gasteiger partial charge in [0, 0.05) is 14.1 Å². The number of hydrogen-bond acceptors (Lipinski definition) is 1. The van der Waals surface area contributed by atoms with Gasteiger partial charge in [0.25, 0.3) is 0 Å². The van der Waals surface area contributed by atoms with E-state index in [0.29, 0.717) is 16.6 Å². The van der Waals surface area contributed by atoms with E-state index in [1.807, 2.05) is 0 Å². The second kappa shape index (κ2) is 4.59. The first kappa shape index (κ1) is 14.0. The van der Waals surface area contributed by atoms with Crippen molar-refractivity contribution >= 4 is 22.6 Å². The van der Waals surface area contributed by atoms with E-state index in [4.69, 9.17) is 11.6 Å². The topological polar surface area (TPSA) is 26.9 Å². The van der Waals surface area contributed by atoms with E-state index in [1.54, 1.807) is 20.2 Å². The number of aryl methyl sites for hydroxylation is 2. The highest BCUT2D eigenvalue weighted by atomic mass is 35.5. The van der Waals surface area contributed by atoms with Crippen LogP contribution in [0.2, 0.25) is 0 Å². The number of imidazole rings is 1. The molecule has 2 aromatic rings. The predicted molar refractivity (Wildman–Crippen MR) is 67.4 cm³/mol. The van der Waals surface area contributed by atoms with Crippen molar-refractivity contribution in [2.75, 3.05) is 0 Å². The van der Waals surface area contributed by atoms with Crippen LogP contribution < -0.4 is 5.69 Å². The van der Waals surface area contributed by atoms with E-state index in [2.05, 4.69) is 0 Å². The molecule has 0 radical (unpaired) electrons. The van der Waals surface area contributed by atoms with Crippen LogP contribution in [-0.4, -0.2) is 15.3 Å². The Hall–Kier alpha value is -1.43. The van der Waals surface area contributed by atoms with Gasteiger partial charge < -0.3 is 0 Å². The quantitative estimate of drug-likeness (QED) is 0.781. The summed E-state index contributed by atoms with van der Waals surface area (Å²) in [5.41, 5.74) is 1.35. The van der Waals surface area contributed by atoms with Crippen molar-refractivity contribution in [2.45, 2.75) is 18.0 Å². The van der Waals surface area contributed by atoms with Gasteiger partial charge in [-0.15, -0.1) is 11.6 Å². The molecule has 0 N–H and O–H groups in total. The van der Waals surface area contributed by atoms with Gasteiger partial charge in [-0.2, -0.15) is 13.2 Å². The number of rotatable bonds is 2. The average Bonchev–Trinajstić information content (AvgIpc) is 2.52. The zero-order valence-corrected chi connectivity index (χ0v) is 11.1. The Morgan fingerprint density at radius 1 is 1.21 bits per heavy atom. The fourth-order valence-electron chi connectivity index (χ4n) is 2.04. The minimum Gasteiger partial charge on any atom is -0.295 e. The summed E-state index contributed by atoms with van der Waals surface area (Å²) in [5.74, 6) is 0. The number of nitrogens with zero attached hydrogens (tertiary/aromatic N) is 2. The van der Waals surface area contributed by atoms with Crippen LogP contribution in [-0.2, 0) is 14.1 Å². The van der Waals surface area contributed by atoms with Gasteiger partial charge >= 0.3 is 11.9 Å². The molecule has 2 rings (SSSR count). The third-order valence-electron chi connectivity index (χ3n) is 3.07. The van der Waals surface area contributed by atoms with Crippen molar-refractivity contribution in [3.05, 3.63) is 34.2 Å². The summed E-state index contributed by atoms with van der Waals surface area (Å²) in [5, 5.41) is -1.15. The highest BCUT2D eigenvalue weighted by Crippen LogP contribution is 2.34. The minimum absolute atomic E-state index is 0.228. The third-order valence-corrected chi connectivity index (χ3v) is 3.47. The van der Waals surface area contributed by atoms with Gasteiger partial charge in [-0.1, -0.05) is 6.07 Å². The first-order valence-corrected chi connectivity index (χ1v) is 6.00. The molecule has 7 heteroatoms. The van der Waals surface area contributed by atoms with Crippen LogP contribution in [0.25, 0.3) is 11.0 Å². The Kier molecular flexibility index (Phi) is 3.38. The molecule has 1 aromatic carbocycles. The smallest absolute Gasteiger partial charge is 0.295 e. The van der Waals surface area contributed by atoms with Gasteiger partial charge in [-0.3, -0.25) is 9.13 Å². The first-order valence-electron chi connectivity index (χ1n) is 5.57. The van der Waals surface area contributed by atoms with Gasteiger partial charge in [0.1, 0.15) is 0 Å². The van der Waals surface area contributed by atoms with Gasteiger partial charge in [0.05, 0.1) is 22.8 Å². The molecule has 0 fully saturated rings. The van der Waals surface area contributed by atoms with E-state index in [-0.39, 0.29) is 5.69 Å². The first-order chi connectivity index (χ1) is 8.70. The molecule has 0 aliphatic carbocycles. The number of aromatic nitrogens is 2. The van der Waals surface area contributed by atoms with E-state index in [0.717, 1.165) is 0 Å². The highest BCUT2D eigenvalue weighted by Gasteiger charge is 2.31. The molecule has 0 aliphatic heterocycles. The molecule has 1 aromatic heterocycles. The molecule has 0 bridgehead atoms. The van der Waals surface area contributed by atoms with Crippen LogP contribution in [0.3, 0.4) is 0 Å². The average molecular weight is 293 g/mol. The van der Waals surface area contributed by atoms with Crippen LogP contribution in [0.15, 0.2) is 23.0 Å². The predicted octanol–water partition coefficient (Wildman–Crippen LogP) is 3.11. The third kappa shape index (κ3) is 2.63. The monoisotopic (exact) mass is 292 g/mol. The highest BCUT2D eigenvalue weighted by molar-refractivity contribution is 6.21. The maximum atomic E-state index is 12.3. The fraction of sp³-hybridized carbons (Fsp3) is 0.417. The van der Waals surface area contributed by atoms with E-state index < -0.39 is 18.0 Å². The molecule has 3 nitrogen and oxygen atoms in total. The Morgan fingerprint density at radius 3 is 2.37 bits per heavy atom. The van der Waals surface area contributed by atoms with Crippen molar-refractivity contribution in [1.82, 2.24) is 9.13 Å². The molecule has 1 atom stereocenters. The second-order valence-corrected chi connectivity index (χ2v) is 4.96. The molecular weight excluding hydrogens is 281 g/mol. The lowest BCUT2D eigenvalue weighted by molar-refractivity contribution is -0.134. The molecule has 104 valence electrons. The maximum absolute atomic E-state index is 12.3. The summed E-state index contributed by atoms with van der Waals surface area (Å²) in [7, 11) is 3.18. The van der Waals surface area contributed by atoms with Gasteiger partial charge in [0.15, 0.2) is 0 Å². The van der Waals surface area contributed by atoms with Crippen molar-refractivity contribution in [2.24, 2.45) is 14.1 Å². The molecule has 1 unspecified atom stereocenters. The zero-order valence-electron chi connectivity index (χ0n) is 10.3. The Bertz CT molecular complexity index is 672. The Balaban J connectivity index is 2.48. The van der Waals surface area contributed by atoms with Crippen LogP contribution in [0, 0.1) is 0 Å². The molecule has 0 saturated heterocycles. The normalized spacial score (nSPS) is 14.0. The van der Waals surface area contributed by atoms with Gasteiger partial charge in [-0.25, -0.2) is 4.79 Å². The van der Waals surface area contributed by atoms with E-state index in [1.165, 1.54) is 21.3 Å². The molecular formula is C12H12ClF3N2O. The number of alkyl halides is 4. The largest absolute Gasteiger partial charge is 0.390 e. The van der Waals surface area contributed by atoms with Crippen LogP contribution in [0.1, 0.15) is 17.4 Å². The van der Waals surface area contributed by atoms with Gasteiger partial charge in [0.2, 0.25) is 0 Å².